The molecule has 1 N–H and O–H groups in total. The zero-order chi connectivity index (χ0) is 13.0. The molecule has 2 aromatic rings. The van der Waals surface area contributed by atoms with Crippen LogP contribution in [0.15, 0.2) is 44.0 Å². The molecule has 0 aliphatic carbocycles. The van der Waals surface area contributed by atoms with Crippen LogP contribution in [0, 0.1) is 0 Å². The Hall–Kier alpha value is -0.650. The standard InChI is InChI=1S/C13H14Br2N2O/c1-2-16-12(7-10-4-3-5-18-10)13-11(15)6-9(14)8-17-13/h3-6,8,12,16H,2,7H2,1H3. The molecule has 2 rings (SSSR count). The first-order valence-corrected chi connectivity index (χ1v) is 7.36. The monoisotopic (exact) mass is 372 g/mol. The van der Waals surface area contributed by atoms with Crippen LogP contribution in [-0.2, 0) is 6.42 Å². The lowest BCUT2D eigenvalue weighted by Gasteiger charge is -2.17. The predicted octanol–water partition coefficient (Wildman–Crippen LogP) is 4.09. The van der Waals surface area contributed by atoms with Gasteiger partial charge >= 0.3 is 0 Å². The summed E-state index contributed by atoms with van der Waals surface area (Å²) in [6.45, 7) is 2.97. The number of nitrogens with one attached hydrogen (secondary N) is 1. The van der Waals surface area contributed by atoms with Gasteiger partial charge in [0.1, 0.15) is 5.76 Å². The summed E-state index contributed by atoms with van der Waals surface area (Å²) in [5.74, 6) is 0.956. The molecule has 0 radical (unpaired) electrons. The topological polar surface area (TPSA) is 38.1 Å². The highest BCUT2D eigenvalue weighted by Gasteiger charge is 2.17. The van der Waals surface area contributed by atoms with Gasteiger partial charge in [0.05, 0.1) is 18.0 Å². The van der Waals surface area contributed by atoms with Crippen LogP contribution in [0.3, 0.4) is 0 Å². The van der Waals surface area contributed by atoms with Crippen LogP contribution in [0.2, 0.25) is 0 Å². The van der Waals surface area contributed by atoms with Crippen LogP contribution < -0.4 is 5.32 Å². The third-order valence-electron chi connectivity index (χ3n) is 2.60. The molecule has 5 heteroatoms. The molecule has 18 heavy (non-hydrogen) atoms. The molecule has 96 valence electrons. The molecule has 0 aromatic carbocycles. The normalized spacial score (nSPS) is 12.6. The minimum Gasteiger partial charge on any atom is -0.469 e. The maximum absolute atomic E-state index is 5.40. The molecular weight excluding hydrogens is 360 g/mol. The SMILES string of the molecule is CCNC(Cc1ccco1)c1ncc(Br)cc1Br. The van der Waals surface area contributed by atoms with E-state index in [1.165, 1.54) is 0 Å². The Labute approximate surface area is 123 Å². The first-order chi connectivity index (χ1) is 8.70. The van der Waals surface area contributed by atoms with Gasteiger partial charge in [-0.25, -0.2) is 0 Å². The van der Waals surface area contributed by atoms with Crippen molar-refractivity contribution < 1.29 is 4.42 Å². The van der Waals surface area contributed by atoms with E-state index in [4.69, 9.17) is 4.42 Å². The summed E-state index contributed by atoms with van der Waals surface area (Å²) in [5.41, 5.74) is 0.997. The summed E-state index contributed by atoms with van der Waals surface area (Å²) in [7, 11) is 0. The van der Waals surface area contributed by atoms with Crippen molar-refractivity contribution in [3.63, 3.8) is 0 Å². The fourth-order valence-electron chi connectivity index (χ4n) is 1.82. The molecule has 0 amide bonds. The van der Waals surface area contributed by atoms with E-state index in [1.807, 2.05) is 24.4 Å². The van der Waals surface area contributed by atoms with Crippen LogP contribution >= 0.6 is 31.9 Å². The lowest BCUT2D eigenvalue weighted by atomic mass is 10.1. The van der Waals surface area contributed by atoms with E-state index < -0.39 is 0 Å². The molecular formula is C13H14Br2N2O. The Balaban J connectivity index is 2.23. The molecule has 0 bridgehead atoms. The molecule has 3 nitrogen and oxygen atoms in total. The predicted molar refractivity (Wildman–Crippen MR) is 78.5 cm³/mol. The van der Waals surface area contributed by atoms with Crippen molar-refractivity contribution in [1.82, 2.24) is 10.3 Å². The molecule has 0 fully saturated rings. The largest absolute Gasteiger partial charge is 0.469 e. The van der Waals surface area contributed by atoms with Gasteiger partial charge in [0.15, 0.2) is 0 Å². The number of halogens is 2. The second-order valence-corrected chi connectivity index (χ2v) is 5.68. The Morgan fingerprint density at radius 2 is 2.28 bits per heavy atom. The molecule has 1 unspecified atom stereocenters. The highest BCUT2D eigenvalue weighted by atomic mass is 79.9. The average molecular weight is 374 g/mol. The third-order valence-corrected chi connectivity index (χ3v) is 3.67. The molecule has 2 heterocycles. The second-order valence-electron chi connectivity index (χ2n) is 3.91. The van der Waals surface area contributed by atoms with Crippen LogP contribution in [-0.4, -0.2) is 11.5 Å². The van der Waals surface area contributed by atoms with Gasteiger partial charge < -0.3 is 9.73 Å². The van der Waals surface area contributed by atoms with E-state index in [0.717, 1.165) is 33.4 Å². The van der Waals surface area contributed by atoms with Gasteiger partial charge in [-0.15, -0.1) is 0 Å². The van der Waals surface area contributed by atoms with Crippen molar-refractivity contribution in [2.45, 2.75) is 19.4 Å². The summed E-state index contributed by atoms with van der Waals surface area (Å²) >= 11 is 6.97. The Bertz CT molecular complexity index is 500. The number of aromatic nitrogens is 1. The Kier molecular flexibility index (Phi) is 4.97. The van der Waals surface area contributed by atoms with Crippen molar-refractivity contribution >= 4 is 31.9 Å². The van der Waals surface area contributed by atoms with E-state index in [9.17, 15) is 0 Å². The van der Waals surface area contributed by atoms with E-state index >= 15 is 0 Å². The third kappa shape index (κ3) is 3.43. The van der Waals surface area contributed by atoms with Gasteiger partial charge in [-0.1, -0.05) is 6.92 Å². The molecule has 1 atom stereocenters. The van der Waals surface area contributed by atoms with Crippen LogP contribution in [0.5, 0.6) is 0 Å². The van der Waals surface area contributed by atoms with Crippen LogP contribution in [0.25, 0.3) is 0 Å². The summed E-state index contributed by atoms with van der Waals surface area (Å²) in [4.78, 5) is 4.48. The van der Waals surface area contributed by atoms with E-state index in [0.29, 0.717) is 0 Å². The van der Waals surface area contributed by atoms with Crippen molar-refractivity contribution in [1.29, 1.82) is 0 Å². The first-order valence-electron chi connectivity index (χ1n) is 5.77. The molecule has 0 spiro atoms. The average Bonchev–Trinajstić information content (AvgIpc) is 2.81. The van der Waals surface area contributed by atoms with Gasteiger partial charge in [0.2, 0.25) is 0 Å². The van der Waals surface area contributed by atoms with Crippen LogP contribution in [0.4, 0.5) is 0 Å². The molecule has 0 saturated heterocycles. The smallest absolute Gasteiger partial charge is 0.105 e. The second kappa shape index (κ2) is 6.50. The number of pyridine rings is 1. The van der Waals surface area contributed by atoms with Gasteiger partial charge in [-0.05, 0) is 56.6 Å². The summed E-state index contributed by atoms with van der Waals surface area (Å²) in [5, 5.41) is 3.43. The number of rotatable bonds is 5. The fraction of sp³-hybridized carbons (Fsp3) is 0.308. The van der Waals surface area contributed by atoms with E-state index in [2.05, 4.69) is 49.1 Å². The maximum atomic E-state index is 5.40. The highest BCUT2D eigenvalue weighted by molar-refractivity contribution is 9.11. The van der Waals surface area contributed by atoms with Gasteiger partial charge in [0, 0.05) is 21.6 Å². The maximum Gasteiger partial charge on any atom is 0.105 e. The Morgan fingerprint density at radius 3 is 2.89 bits per heavy atom. The van der Waals surface area contributed by atoms with Crippen molar-refractivity contribution in [2.75, 3.05) is 6.54 Å². The van der Waals surface area contributed by atoms with E-state index in [1.54, 1.807) is 6.26 Å². The number of nitrogens with zero attached hydrogens (tertiary/aromatic N) is 1. The first kappa shape index (κ1) is 13.8. The summed E-state index contributed by atoms with van der Waals surface area (Å²) in [6.07, 6.45) is 4.29. The van der Waals surface area contributed by atoms with Crippen molar-refractivity contribution in [2.24, 2.45) is 0 Å². The Morgan fingerprint density at radius 1 is 1.44 bits per heavy atom. The zero-order valence-electron chi connectivity index (χ0n) is 9.99. The number of hydrogen-bond acceptors (Lipinski definition) is 3. The van der Waals surface area contributed by atoms with Crippen molar-refractivity contribution in [3.8, 4) is 0 Å². The molecule has 2 aromatic heterocycles. The number of furan rings is 1. The zero-order valence-corrected chi connectivity index (χ0v) is 13.2. The van der Waals surface area contributed by atoms with Gasteiger partial charge in [-0.2, -0.15) is 0 Å². The molecule has 0 saturated carbocycles. The number of hydrogen-bond donors (Lipinski definition) is 1. The lowest BCUT2D eigenvalue weighted by molar-refractivity contribution is 0.449. The number of likely N-dealkylation sites (N-methyl/N-ethyl adjacent to an activating group) is 1. The summed E-state index contributed by atoms with van der Waals surface area (Å²) in [6, 6.07) is 6.04. The van der Waals surface area contributed by atoms with Gasteiger partial charge in [0.25, 0.3) is 0 Å². The minimum absolute atomic E-state index is 0.142. The molecule has 0 aliphatic heterocycles. The minimum atomic E-state index is 0.142. The van der Waals surface area contributed by atoms with E-state index in [-0.39, 0.29) is 6.04 Å². The quantitative estimate of drug-likeness (QED) is 0.857. The summed E-state index contributed by atoms with van der Waals surface area (Å²) < 4.78 is 7.36. The lowest BCUT2D eigenvalue weighted by Crippen LogP contribution is -2.24. The van der Waals surface area contributed by atoms with Crippen molar-refractivity contribution in [3.05, 3.63) is 51.1 Å². The van der Waals surface area contributed by atoms with Crippen LogP contribution in [0.1, 0.15) is 24.4 Å². The fourth-order valence-corrected chi connectivity index (χ4v) is 3.09. The van der Waals surface area contributed by atoms with Gasteiger partial charge in [-0.3, -0.25) is 4.98 Å². The molecule has 0 aliphatic rings. The highest BCUT2D eigenvalue weighted by Crippen LogP contribution is 2.26.